The summed E-state index contributed by atoms with van der Waals surface area (Å²) in [5.74, 6) is -226. The van der Waals surface area contributed by atoms with E-state index in [4.69, 9.17) is 0 Å². The summed E-state index contributed by atoms with van der Waals surface area (Å²) < 4.78 is 955. The zero-order valence-electron chi connectivity index (χ0n) is 49.3. The summed E-state index contributed by atoms with van der Waals surface area (Å²) in [7, 11) is -31.8. The first-order valence-corrected chi connectivity index (χ1v) is 29.2. The van der Waals surface area contributed by atoms with Crippen molar-refractivity contribution in [1.29, 1.82) is 0 Å². The van der Waals surface area contributed by atoms with E-state index in [0.717, 1.165) is 0 Å². The minimum Gasteiger partial charge on any atom is -0.300 e. The van der Waals surface area contributed by atoms with Crippen LogP contribution in [0.4, 0.5) is 290 Å². The Labute approximate surface area is 573 Å². The molecule has 0 saturated heterocycles. The Morgan fingerprint density at radius 1 is 0.123 bits per heavy atom. The SMILES string of the molecule is FC(F)(F)C(F)(F)C(F)(F)C(F)(F)C(F)(F)COP1(OCC(F)(F)C(F)(F)C(F)(F)C(F)(F)C(F)(F)F)=NP(OCC(F)(F)C(F)(F)C(F)(F)C(F)(F)C(F)(F)F)(OCC(F)(F)C(F)(F)C(F)(F)C(F)(F)C(F)(F)F)=NP(OCC(F)(F)C(F)(F)C(F)(F)C(F)(F)C(F)(F)F)(OCC(F)(F)C(F)(F)C(F)(F)C(F)(F)C(F)(F)F)=N1. The summed E-state index contributed by atoms with van der Waals surface area (Å²) in [6.07, 6.45) is -52.9. The second-order valence-electron chi connectivity index (χ2n) is 20.9. The van der Waals surface area contributed by atoms with E-state index in [1.165, 1.54) is 0 Å². The first kappa shape index (κ1) is 108. The van der Waals surface area contributed by atoms with Crippen molar-refractivity contribution in [1.82, 2.24) is 0 Å². The van der Waals surface area contributed by atoms with Gasteiger partial charge in [-0.2, -0.15) is 290 Å². The zero-order chi connectivity index (χ0) is 93.1. The molecule has 0 bridgehead atoms. The maximum Gasteiger partial charge on any atom is 0.460 e. The Bertz CT molecular complexity index is 2980. The van der Waals surface area contributed by atoms with Gasteiger partial charge in [-0.05, 0) is 0 Å². The summed E-state index contributed by atoms with van der Waals surface area (Å²) in [4.78, 5) is 0. The van der Waals surface area contributed by atoms with Gasteiger partial charge in [-0.15, -0.1) is 13.5 Å². The van der Waals surface area contributed by atoms with E-state index in [1.807, 2.05) is 0 Å². The number of nitrogens with zero attached hydrogens (tertiary/aromatic N) is 3. The van der Waals surface area contributed by atoms with E-state index in [-0.39, 0.29) is 0 Å². The van der Waals surface area contributed by atoms with Crippen LogP contribution in [0.1, 0.15) is 0 Å². The molecule has 1 aliphatic rings. The van der Waals surface area contributed by atoms with Crippen molar-refractivity contribution in [2.75, 3.05) is 39.6 Å². The summed E-state index contributed by atoms with van der Waals surface area (Å²) in [6.45, 7) is -36.7. The molecule has 0 radical (unpaired) electrons. The van der Waals surface area contributed by atoms with Crippen LogP contribution >= 0.6 is 23.0 Å². The fourth-order valence-electron chi connectivity index (χ4n) is 6.07. The van der Waals surface area contributed by atoms with Gasteiger partial charge < -0.3 is 0 Å². The molecule has 0 spiro atoms. The molecular weight excluding hydrogens is 1920 g/mol. The van der Waals surface area contributed by atoms with Crippen molar-refractivity contribution in [3.8, 4) is 0 Å². The maximum atomic E-state index is 15.5. The van der Waals surface area contributed by atoms with Crippen molar-refractivity contribution in [3.05, 3.63) is 0 Å². The highest BCUT2D eigenvalue weighted by molar-refractivity contribution is 7.78. The normalized spacial score (nSPS) is 18.6. The van der Waals surface area contributed by atoms with Crippen LogP contribution in [0.15, 0.2) is 13.5 Å². The molecule has 0 fully saturated rings. The van der Waals surface area contributed by atoms with Gasteiger partial charge in [0.2, 0.25) is 0 Å². The van der Waals surface area contributed by atoms with E-state index in [2.05, 4.69) is 27.1 Å². The number of hydrogen-bond acceptors (Lipinski definition) is 9. The van der Waals surface area contributed by atoms with Crippen LogP contribution in [-0.2, 0) is 27.1 Å². The summed E-state index contributed by atoms with van der Waals surface area (Å²) in [5.41, 5.74) is 0. The number of rotatable bonds is 36. The second-order valence-corrected chi connectivity index (χ2v) is 27.6. The summed E-state index contributed by atoms with van der Waals surface area (Å²) >= 11 is 0. The Balaban J connectivity index is 6.21. The molecule has 0 unspecified atom stereocenters. The van der Waals surface area contributed by atoms with Crippen molar-refractivity contribution in [3.63, 3.8) is 0 Å². The largest absolute Gasteiger partial charge is 0.460 e. The molecule has 0 atom stereocenters. The van der Waals surface area contributed by atoms with Gasteiger partial charge >= 0.3 is 202 Å². The molecular formula is C36H12F66N3O6P3. The van der Waals surface area contributed by atoms with Crippen molar-refractivity contribution in [2.24, 2.45) is 13.5 Å². The lowest BCUT2D eigenvalue weighted by Gasteiger charge is -2.41. The molecule has 1 aliphatic heterocycles. The van der Waals surface area contributed by atoms with Gasteiger partial charge in [-0.3, -0.25) is 27.1 Å². The van der Waals surface area contributed by atoms with Gasteiger partial charge in [-0.1, -0.05) is 0 Å². The van der Waals surface area contributed by atoms with E-state index in [9.17, 15) is 237 Å². The third-order valence-electron chi connectivity index (χ3n) is 12.8. The van der Waals surface area contributed by atoms with E-state index >= 15 is 52.7 Å². The lowest BCUT2D eigenvalue weighted by Crippen LogP contribution is -2.67. The molecule has 0 aliphatic carbocycles. The number of halogens is 66. The monoisotopic (exact) mass is 1930 g/mol. The van der Waals surface area contributed by atoms with Crippen LogP contribution < -0.4 is 0 Å². The molecule has 0 aromatic rings. The lowest BCUT2D eigenvalue weighted by atomic mass is 9.98. The summed E-state index contributed by atoms with van der Waals surface area (Å²) in [6, 6.07) is 0. The van der Waals surface area contributed by atoms with Crippen molar-refractivity contribution < 1.29 is 317 Å². The average Bonchev–Trinajstić information content (AvgIpc) is 0.723. The van der Waals surface area contributed by atoms with Gasteiger partial charge in [0, 0.05) is 0 Å². The van der Waals surface area contributed by atoms with Crippen LogP contribution in [-0.4, -0.2) is 219 Å². The molecule has 684 valence electrons. The molecule has 114 heavy (non-hydrogen) atoms. The van der Waals surface area contributed by atoms with Gasteiger partial charge in [0.1, 0.15) is 39.6 Å². The Morgan fingerprint density at radius 3 is 0.272 bits per heavy atom. The van der Waals surface area contributed by atoms with Crippen LogP contribution in [0.5, 0.6) is 0 Å². The fourth-order valence-corrected chi connectivity index (χ4v) is 15.6. The van der Waals surface area contributed by atoms with Crippen molar-refractivity contribution in [2.45, 2.75) is 179 Å². The third-order valence-corrected chi connectivity index (χ3v) is 21.0. The lowest BCUT2D eigenvalue weighted by molar-refractivity contribution is -0.424. The fraction of sp³-hybridized carbons (Fsp3) is 1.00. The number of alkyl halides is 66. The third kappa shape index (κ3) is 16.7. The Hall–Kier alpha value is -4.17. The molecule has 0 aromatic carbocycles. The van der Waals surface area contributed by atoms with Gasteiger partial charge in [0.05, 0.1) is 0 Å². The predicted molar refractivity (Wildman–Crippen MR) is 219 cm³/mol. The van der Waals surface area contributed by atoms with Crippen LogP contribution in [0.25, 0.3) is 0 Å². The van der Waals surface area contributed by atoms with E-state index in [1.54, 1.807) is 0 Å². The molecule has 0 aromatic heterocycles. The molecule has 0 N–H and O–H groups in total. The minimum atomic E-state index is -10.6. The van der Waals surface area contributed by atoms with Gasteiger partial charge in [0.25, 0.3) is 0 Å². The highest BCUT2D eigenvalue weighted by atomic mass is 31.3. The zero-order valence-corrected chi connectivity index (χ0v) is 52.0. The van der Waals surface area contributed by atoms with E-state index < -0.39 is 242 Å². The first-order valence-electron chi connectivity index (χ1n) is 24.6. The van der Waals surface area contributed by atoms with Crippen LogP contribution in [0, 0.1) is 0 Å². The second kappa shape index (κ2) is 29.0. The molecule has 1 rings (SSSR count). The smallest absolute Gasteiger partial charge is 0.300 e. The molecule has 0 saturated carbocycles. The highest BCUT2D eigenvalue weighted by Gasteiger charge is 2.94. The molecule has 9 nitrogen and oxygen atoms in total. The molecule has 0 amide bonds. The molecule has 78 heteroatoms. The maximum absolute atomic E-state index is 15.5. The predicted octanol–water partition coefficient (Wildman–Crippen LogP) is 24.6. The highest BCUT2D eigenvalue weighted by Crippen LogP contribution is 2.83. The average molecular weight is 1930 g/mol. The van der Waals surface area contributed by atoms with Crippen LogP contribution in [0.2, 0.25) is 0 Å². The number of hydrogen-bond donors (Lipinski definition) is 0. The topological polar surface area (TPSA) is 92.5 Å². The first-order chi connectivity index (χ1) is 48.4. The summed E-state index contributed by atoms with van der Waals surface area (Å²) in [5, 5.41) is 0. The Morgan fingerprint density at radius 2 is 0.202 bits per heavy atom. The van der Waals surface area contributed by atoms with Crippen LogP contribution in [0.3, 0.4) is 0 Å². The standard InChI is InChI=1S/C36H12F66N3O6P3/c37-7(38,13(49,50)19(61,62)25(73,74)31(85,86)87)1-106-112(107-2-8(39,40)14(51,52)20(63,64)26(75,76)32(88,89)90)103-113(108-3-9(41,42)15(53,54)21(65,66)27(77,78)33(91,92)93,109-4-10(43,44)16(55,56)22(67,68)28(79,80)34(94,95)96)105-114(104-112,110-5-11(45,46)17(57,58)23(69,70)29(81,82)35(97,98)99)111-6-12(47,48)18(59,60)24(71,72)30(83,84)36(100,101)102/h1-6H2. The van der Waals surface area contributed by atoms with Gasteiger partial charge in [0.15, 0.2) is 0 Å². The Kier molecular flexibility index (Phi) is 27.4. The van der Waals surface area contributed by atoms with Gasteiger partial charge in [-0.25, -0.2) is 0 Å². The quantitative estimate of drug-likeness (QED) is 0.0458. The van der Waals surface area contributed by atoms with Crippen molar-refractivity contribution >= 4 is 23.0 Å². The van der Waals surface area contributed by atoms with E-state index in [0.29, 0.717) is 13.5 Å². The molecule has 1 heterocycles. The minimum absolute atomic E-state index is 0.698.